The molecule has 0 amide bonds. The lowest BCUT2D eigenvalue weighted by molar-refractivity contribution is 0.163. The van der Waals surface area contributed by atoms with Gasteiger partial charge in [0, 0.05) is 17.6 Å². The Labute approximate surface area is 130 Å². The number of β-amino-alcohol motifs (C(OH)–C–C–N with tert-alkyl or cyclic N) is 1. The smallest absolute Gasteiger partial charge is 0.394 e. The first-order valence-corrected chi connectivity index (χ1v) is 7.79. The standard InChI is InChI=1S/C13H21NO3.H2O4S/c1-13(2,3)14-7-12(17)9-4-5-11(16)10(6-9)8-15;1-5(2,3)4/h4-6,12,14-17H,7-8H2,1-3H3;(H2,1,2,3,4)/t12-;/m0./s1. The van der Waals surface area contributed by atoms with Crippen LogP contribution in [0.4, 0.5) is 0 Å². The maximum absolute atomic E-state index is 9.97. The molecule has 1 aromatic carbocycles. The summed E-state index contributed by atoms with van der Waals surface area (Å²) in [5, 5.41) is 31.6. The summed E-state index contributed by atoms with van der Waals surface area (Å²) in [5.41, 5.74) is 1.05. The molecule has 0 fully saturated rings. The quantitative estimate of drug-likeness (QED) is 0.439. The van der Waals surface area contributed by atoms with E-state index < -0.39 is 16.5 Å². The molecule has 0 unspecified atom stereocenters. The first-order chi connectivity index (χ1) is 9.83. The molecule has 128 valence electrons. The summed E-state index contributed by atoms with van der Waals surface area (Å²) in [6, 6.07) is 4.76. The molecule has 0 bridgehead atoms. The second-order valence-corrected chi connectivity index (χ2v) is 6.54. The van der Waals surface area contributed by atoms with Crippen LogP contribution in [0.25, 0.3) is 0 Å². The van der Waals surface area contributed by atoms with Crippen LogP contribution in [0.2, 0.25) is 0 Å². The highest BCUT2D eigenvalue weighted by molar-refractivity contribution is 7.79. The number of benzene rings is 1. The second kappa shape index (κ2) is 8.42. The van der Waals surface area contributed by atoms with E-state index in [0.717, 1.165) is 0 Å². The van der Waals surface area contributed by atoms with Gasteiger partial charge in [-0.3, -0.25) is 9.11 Å². The van der Waals surface area contributed by atoms with Gasteiger partial charge < -0.3 is 20.6 Å². The average molecular weight is 337 g/mol. The number of nitrogens with one attached hydrogen (secondary N) is 1. The second-order valence-electron chi connectivity index (χ2n) is 5.64. The van der Waals surface area contributed by atoms with Gasteiger partial charge in [0.15, 0.2) is 0 Å². The molecular weight excluding hydrogens is 314 g/mol. The van der Waals surface area contributed by atoms with Crippen molar-refractivity contribution >= 4 is 10.4 Å². The zero-order chi connectivity index (χ0) is 17.6. The summed E-state index contributed by atoms with van der Waals surface area (Å²) < 4.78 is 31.6. The normalized spacial score (nSPS) is 13.2. The molecular formula is C13H23NO7S. The lowest BCUT2D eigenvalue weighted by Crippen LogP contribution is -2.38. The first-order valence-electron chi connectivity index (χ1n) is 6.39. The number of hydrogen-bond donors (Lipinski definition) is 6. The molecule has 0 aliphatic heterocycles. The van der Waals surface area contributed by atoms with E-state index in [1.165, 1.54) is 6.07 Å². The fourth-order valence-corrected chi connectivity index (χ4v) is 1.46. The van der Waals surface area contributed by atoms with E-state index >= 15 is 0 Å². The van der Waals surface area contributed by atoms with Crippen LogP contribution in [-0.4, -0.2) is 44.9 Å². The van der Waals surface area contributed by atoms with Gasteiger partial charge in [-0.25, -0.2) is 0 Å². The molecule has 0 heterocycles. The summed E-state index contributed by atoms with van der Waals surface area (Å²) in [6.07, 6.45) is -0.653. The average Bonchev–Trinajstić information content (AvgIpc) is 2.33. The minimum absolute atomic E-state index is 0.0484. The molecule has 0 spiro atoms. The van der Waals surface area contributed by atoms with Crippen molar-refractivity contribution < 1.29 is 32.8 Å². The molecule has 0 aliphatic carbocycles. The maximum Gasteiger partial charge on any atom is 0.394 e. The fraction of sp³-hybridized carbons (Fsp3) is 0.538. The van der Waals surface area contributed by atoms with E-state index in [1.54, 1.807) is 12.1 Å². The van der Waals surface area contributed by atoms with Gasteiger partial charge in [0.2, 0.25) is 0 Å². The Bertz CT molecular complexity index is 558. The van der Waals surface area contributed by atoms with E-state index in [4.69, 9.17) is 22.6 Å². The van der Waals surface area contributed by atoms with Crippen molar-refractivity contribution in [2.45, 2.75) is 39.0 Å². The highest BCUT2D eigenvalue weighted by Crippen LogP contribution is 2.22. The van der Waals surface area contributed by atoms with E-state index in [1.807, 2.05) is 20.8 Å². The highest BCUT2D eigenvalue weighted by Gasteiger charge is 2.14. The maximum atomic E-state index is 9.97. The number of phenols is 1. The molecule has 22 heavy (non-hydrogen) atoms. The number of aliphatic hydroxyl groups is 2. The molecule has 6 N–H and O–H groups in total. The van der Waals surface area contributed by atoms with Gasteiger partial charge in [0.05, 0.1) is 12.7 Å². The Hall–Kier alpha value is -1.23. The monoisotopic (exact) mass is 337 g/mol. The lowest BCUT2D eigenvalue weighted by Gasteiger charge is -2.23. The van der Waals surface area contributed by atoms with Crippen molar-refractivity contribution in [2.24, 2.45) is 0 Å². The summed E-state index contributed by atoms with van der Waals surface area (Å²) in [4.78, 5) is 0. The van der Waals surface area contributed by atoms with Crippen LogP contribution in [0.3, 0.4) is 0 Å². The van der Waals surface area contributed by atoms with Crippen LogP contribution in [-0.2, 0) is 17.0 Å². The minimum atomic E-state index is -4.67. The summed E-state index contributed by atoms with van der Waals surface area (Å²) in [5.74, 6) is 0.0484. The van der Waals surface area contributed by atoms with Gasteiger partial charge in [0.1, 0.15) is 5.75 Å². The molecule has 1 aromatic rings. The van der Waals surface area contributed by atoms with Gasteiger partial charge in [-0.05, 0) is 38.5 Å². The third kappa shape index (κ3) is 10.5. The molecule has 1 rings (SSSR count). The predicted octanol–water partition coefficient (Wildman–Crippen LogP) is 0.653. The molecule has 0 aliphatic rings. The summed E-state index contributed by atoms with van der Waals surface area (Å²) in [7, 11) is -4.67. The zero-order valence-corrected chi connectivity index (χ0v) is 13.5. The molecule has 0 saturated carbocycles. The van der Waals surface area contributed by atoms with Crippen LogP contribution in [0, 0.1) is 0 Å². The van der Waals surface area contributed by atoms with Gasteiger partial charge in [-0.1, -0.05) is 6.07 Å². The highest BCUT2D eigenvalue weighted by atomic mass is 32.3. The third-order valence-corrected chi connectivity index (χ3v) is 2.48. The number of hydrogen-bond acceptors (Lipinski definition) is 6. The van der Waals surface area contributed by atoms with Crippen molar-refractivity contribution in [3.8, 4) is 5.75 Å². The SMILES string of the molecule is CC(C)(C)NC[C@H](O)c1ccc(O)c(CO)c1.O=S(=O)(O)O. The van der Waals surface area contributed by atoms with Crippen molar-refractivity contribution in [1.29, 1.82) is 0 Å². The summed E-state index contributed by atoms with van der Waals surface area (Å²) in [6.45, 7) is 6.26. The van der Waals surface area contributed by atoms with Gasteiger partial charge >= 0.3 is 10.4 Å². The largest absolute Gasteiger partial charge is 0.508 e. The molecule has 0 radical (unpaired) electrons. The van der Waals surface area contributed by atoms with Crippen molar-refractivity contribution in [1.82, 2.24) is 5.32 Å². The fourth-order valence-electron chi connectivity index (χ4n) is 1.46. The minimum Gasteiger partial charge on any atom is -0.508 e. The van der Waals surface area contributed by atoms with Gasteiger partial charge in [-0.2, -0.15) is 8.42 Å². The number of aromatic hydroxyl groups is 1. The van der Waals surface area contributed by atoms with E-state index in [2.05, 4.69) is 5.32 Å². The van der Waals surface area contributed by atoms with E-state index in [0.29, 0.717) is 17.7 Å². The van der Waals surface area contributed by atoms with Gasteiger partial charge in [0.25, 0.3) is 0 Å². The third-order valence-electron chi connectivity index (χ3n) is 2.48. The van der Waals surface area contributed by atoms with E-state index in [9.17, 15) is 10.2 Å². The van der Waals surface area contributed by atoms with E-state index in [-0.39, 0.29) is 17.9 Å². The molecule has 8 nitrogen and oxygen atoms in total. The zero-order valence-electron chi connectivity index (χ0n) is 12.7. The summed E-state index contributed by atoms with van der Waals surface area (Å²) >= 11 is 0. The molecule has 1 atom stereocenters. The van der Waals surface area contributed by atoms with Crippen LogP contribution in [0.15, 0.2) is 18.2 Å². The van der Waals surface area contributed by atoms with Gasteiger partial charge in [-0.15, -0.1) is 0 Å². The molecule has 0 aromatic heterocycles. The van der Waals surface area contributed by atoms with Crippen molar-refractivity contribution in [3.05, 3.63) is 29.3 Å². The lowest BCUT2D eigenvalue weighted by atomic mass is 10.0. The van der Waals surface area contributed by atoms with Crippen LogP contribution in [0.5, 0.6) is 5.75 Å². The molecule has 0 saturated heterocycles. The van der Waals surface area contributed by atoms with Crippen LogP contribution < -0.4 is 5.32 Å². The predicted molar refractivity (Wildman–Crippen MR) is 80.9 cm³/mol. The van der Waals surface area contributed by atoms with Crippen molar-refractivity contribution in [3.63, 3.8) is 0 Å². The topological polar surface area (TPSA) is 147 Å². The Morgan fingerprint density at radius 3 is 2.14 bits per heavy atom. The number of aliphatic hydroxyl groups excluding tert-OH is 2. The molecule has 9 heteroatoms. The van der Waals surface area contributed by atoms with Crippen LogP contribution >= 0.6 is 0 Å². The number of rotatable bonds is 4. The van der Waals surface area contributed by atoms with Crippen molar-refractivity contribution in [2.75, 3.05) is 6.54 Å². The first kappa shape index (κ1) is 20.8. The Kier molecular flexibility index (Phi) is 7.94. The Morgan fingerprint density at radius 1 is 1.23 bits per heavy atom. The Morgan fingerprint density at radius 2 is 1.73 bits per heavy atom. The van der Waals surface area contributed by atoms with Crippen LogP contribution in [0.1, 0.15) is 38.0 Å². The Balaban J connectivity index is 0.000000763.